The average molecular weight is 327 g/mol. The predicted octanol–water partition coefficient (Wildman–Crippen LogP) is 3.22. The molecule has 0 aromatic heterocycles. The number of nitrogens with one attached hydrogen (secondary N) is 1. The Kier molecular flexibility index (Phi) is 4.67. The molecule has 2 aromatic rings. The first-order valence-electron chi connectivity index (χ1n) is 7.79. The van der Waals surface area contributed by atoms with E-state index in [9.17, 15) is 5.11 Å². The molecule has 1 heterocycles. The first-order chi connectivity index (χ1) is 11.1. The lowest BCUT2D eigenvalue weighted by atomic mass is 10.2. The van der Waals surface area contributed by atoms with Crippen LogP contribution in [0.4, 0.5) is 11.4 Å². The maximum Gasteiger partial charge on any atom is 0.173 e. The van der Waals surface area contributed by atoms with E-state index in [4.69, 9.17) is 12.2 Å². The molecule has 2 N–H and O–H groups in total. The molecular formula is C18H21N3OS. The quantitative estimate of drug-likeness (QED) is 0.829. The Hall–Kier alpha value is -2.27. The molecule has 5 heteroatoms. The number of phenolic OH excluding ortho intramolecular Hbond substituents is 1. The van der Waals surface area contributed by atoms with Crippen LogP contribution in [0.2, 0.25) is 0 Å². The van der Waals surface area contributed by atoms with Gasteiger partial charge in [-0.15, -0.1) is 0 Å². The van der Waals surface area contributed by atoms with E-state index in [0.29, 0.717) is 5.75 Å². The molecule has 120 valence electrons. The van der Waals surface area contributed by atoms with Crippen molar-refractivity contribution < 1.29 is 5.11 Å². The van der Waals surface area contributed by atoms with Gasteiger partial charge in [0.05, 0.1) is 0 Å². The SMILES string of the molecule is Cc1ccccc1NC(=S)N1CCN(c2ccc(O)cc2)CC1. The average Bonchev–Trinajstić information content (AvgIpc) is 2.58. The van der Waals surface area contributed by atoms with Gasteiger partial charge in [0.1, 0.15) is 5.75 Å². The standard InChI is InChI=1S/C18H21N3OS/c1-14-4-2-3-5-17(14)19-18(23)21-12-10-20(11-13-21)15-6-8-16(22)9-7-15/h2-9,22H,10-13H2,1H3,(H,19,23). The third-order valence-electron chi connectivity index (χ3n) is 4.17. The number of piperazine rings is 1. The summed E-state index contributed by atoms with van der Waals surface area (Å²) in [6.07, 6.45) is 0. The van der Waals surface area contributed by atoms with Gasteiger partial charge in [0.25, 0.3) is 0 Å². The number of rotatable bonds is 2. The summed E-state index contributed by atoms with van der Waals surface area (Å²) in [4.78, 5) is 4.52. The monoisotopic (exact) mass is 327 g/mol. The van der Waals surface area contributed by atoms with E-state index >= 15 is 0 Å². The number of para-hydroxylation sites is 1. The number of aromatic hydroxyl groups is 1. The van der Waals surface area contributed by atoms with Crippen molar-refractivity contribution in [1.29, 1.82) is 0 Å². The Morgan fingerprint density at radius 3 is 2.30 bits per heavy atom. The van der Waals surface area contributed by atoms with E-state index in [1.807, 2.05) is 30.3 Å². The van der Waals surface area contributed by atoms with Crippen LogP contribution in [0.15, 0.2) is 48.5 Å². The van der Waals surface area contributed by atoms with Crippen LogP contribution >= 0.6 is 12.2 Å². The fraction of sp³-hybridized carbons (Fsp3) is 0.278. The van der Waals surface area contributed by atoms with Crippen LogP contribution in [0.1, 0.15) is 5.56 Å². The molecule has 0 amide bonds. The van der Waals surface area contributed by atoms with Gasteiger partial charge < -0.3 is 20.2 Å². The summed E-state index contributed by atoms with van der Waals surface area (Å²) in [5, 5.41) is 13.5. The minimum Gasteiger partial charge on any atom is -0.508 e. The van der Waals surface area contributed by atoms with Crippen molar-refractivity contribution >= 4 is 28.7 Å². The number of hydrogen-bond donors (Lipinski definition) is 2. The number of anilines is 2. The number of aryl methyl sites for hydroxylation is 1. The Morgan fingerprint density at radius 1 is 1.00 bits per heavy atom. The zero-order valence-corrected chi connectivity index (χ0v) is 14.0. The highest BCUT2D eigenvalue weighted by atomic mass is 32.1. The summed E-state index contributed by atoms with van der Waals surface area (Å²) in [5.74, 6) is 0.302. The minimum atomic E-state index is 0.302. The Labute approximate surface area is 142 Å². The Balaban J connectivity index is 1.57. The number of nitrogens with zero attached hydrogens (tertiary/aromatic N) is 2. The van der Waals surface area contributed by atoms with Gasteiger partial charge in [-0.3, -0.25) is 0 Å². The van der Waals surface area contributed by atoms with Crippen LogP contribution in [-0.4, -0.2) is 41.3 Å². The fourth-order valence-electron chi connectivity index (χ4n) is 2.74. The first kappa shape index (κ1) is 15.6. The molecule has 0 saturated carbocycles. The van der Waals surface area contributed by atoms with Crippen LogP contribution < -0.4 is 10.2 Å². The van der Waals surface area contributed by atoms with Gasteiger partial charge >= 0.3 is 0 Å². The molecule has 1 aliphatic rings. The van der Waals surface area contributed by atoms with Gasteiger partial charge in [0.2, 0.25) is 0 Å². The van der Waals surface area contributed by atoms with E-state index in [1.54, 1.807) is 12.1 Å². The van der Waals surface area contributed by atoms with Gasteiger partial charge in [-0.1, -0.05) is 18.2 Å². The van der Waals surface area contributed by atoms with E-state index < -0.39 is 0 Å². The molecule has 0 spiro atoms. The van der Waals surface area contributed by atoms with Gasteiger partial charge in [0, 0.05) is 37.6 Å². The van der Waals surface area contributed by atoms with Crippen LogP contribution in [0.3, 0.4) is 0 Å². The van der Waals surface area contributed by atoms with Gasteiger partial charge in [-0.05, 0) is 55.0 Å². The third kappa shape index (κ3) is 3.74. The summed E-state index contributed by atoms with van der Waals surface area (Å²) in [5.41, 5.74) is 3.40. The smallest absolute Gasteiger partial charge is 0.173 e. The molecule has 1 fully saturated rings. The van der Waals surface area contributed by atoms with Gasteiger partial charge in [0.15, 0.2) is 5.11 Å². The second-order valence-corrected chi connectivity index (χ2v) is 6.12. The highest BCUT2D eigenvalue weighted by Gasteiger charge is 2.19. The molecule has 1 saturated heterocycles. The molecule has 4 nitrogen and oxygen atoms in total. The predicted molar refractivity (Wildman–Crippen MR) is 99.3 cm³/mol. The summed E-state index contributed by atoms with van der Waals surface area (Å²) >= 11 is 5.55. The zero-order valence-electron chi connectivity index (χ0n) is 13.2. The number of thiocarbonyl (C=S) groups is 1. The Morgan fingerprint density at radius 2 is 1.65 bits per heavy atom. The van der Waals surface area contributed by atoms with E-state index in [-0.39, 0.29) is 0 Å². The summed E-state index contributed by atoms with van der Waals surface area (Å²) in [7, 11) is 0. The first-order valence-corrected chi connectivity index (χ1v) is 8.20. The largest absolute Gasteiger partial charge is 0.508 e. The van der Waals surface area contributed by atoms with Crippen LogP contribution in [0.25, 0.3) is 0 Å². The van der Waals surface area contributed by atoms with Crippen molar-refractivity contribution in [2.24, 2.45) is 0 Å². The van der Waals surface area contributed by atoms with Crippen molar-refractivity contribution in [3.8, 4) is 5.75 Å². The summed E-state index contributed by atoms with van der Waals surface area (Å²) in [6, 6.07) is 15.5. The lowest BCUT2D eigenvalue weighted by molar-refractivity contribution is 0.391. The lowest BCUT2D eigenvalue weighted by Gasteiger charge is -2.37. The summed E-state index contributed by atoms with van der Waals surface area (Å²) < 4.78 is 0. The molecule has 23 heavy (non-hydrogen) atoms. The number of hydrogen-bond acceptors (Lipinski definition) is 3. The number of benzene rings is 2. The third-order valence-corrected chi connectivity index (χ3v) is 4.53. The lowest BCUT2D eigenvalue weighted by Crippen LogP contribution is -2.50. The van der Waals surface area contributed by atoms with E-state index in [0.717, 1.165) is 42.7 Å². The van der Waals surface area contributed by atoms with Gasteiger partial charge in [-0.2, -0.15) is 0 Å². The van der Waals surface area contributed by atoms with Gasteiger partial charge in [-0.25, -0.2) is 0 Å². The maximum absolute atomic E-state index is 9.38. The molecule has 0 radical (unpaired) electrons. The molecule has 0 unspecified atom stereocenters. The molecular weight excluding hydrogens is 306 g/mol. The molecule has 2 aromatic carbocycles. The summed E-state index contributed by atoms with van der Waals surface area (Å²) in [6.45, 7) is 5.69. The highest BCUT2D eigenvalue weighted by molar-refractivity contribution is 7.80. The van der Waals surface area contributed by atoms with Crippen molar-refractivity contribution in [2.75, 3.05) is 36.4 Å². The van der Waals surface area contributed by atoms with Crippen LogP contribution in [-0.2, 0) is 0 Å². The van der Waals surface area contributed by atoms with E-state index in [2.05, 4.69) is 28.1 Å². The second-order valence-electron chi connectivity index (χ2n) is 5.74. The highest BCUT2D eigenvalue weighted by Crippen LogP contribution is 2.20. The molecule has 1 aliphatic heterocycles. The van der Waals surface area contributed by atoms with Crippen molar-refractivity contribution in [3.05, 3.63) is 54.1 Å². The fourth-order valence-corrected chi connectivity index (χ4v) is 3.03. The molecule has 0 atom stereocenters. The topological polar surface area (TPSA) is 38.7 Å². The molecule has 3 rings (SSSR count). The Bertz CT molecular complexity index is 679. The number of phenols is 1. The minimum absolute atomic E-state index is 0.302. The second kappa shape index (κ2) is 6.87. The van der Waals surface area contributed by atoms with Crippen molar-refractivity contribution in [1.82, 2.24) is 4.90 Å². The molecule has 0 aliphatic carbocycles. The maximum atomic E-state index is 9.38. The van der Waals surface area contributed by atoms with E-state index in [1.165, 1.54) is 5.56 Å². The van der Waals surface area contributed by atoms with Crippen molar-refractivity contribution in [3.63, 3.8) is 0 Å². The van der Waals surface area contributed by atoms with Crippen LogP contribution in [0.5, 0.6) is 5.75 Å². The zero-order chi connectivity index (χ0) is 16.2. The van der Waals surface area contributed by atoms with Crippen LogP contribution in [0, 0.1) is 6.92 Å². The van der Waals surface area contributed by atoms with Crippen molar-refractivity contribution in [2.45, 2.75) is 6.92 Å². The molecule has 0 bridgehead atoms. The normalized spacial score (nSPS) is 14.7.